The van der Waals surface area contributed by atoms with Crippen molar-refractivity contribution in [3.8, 4) is 0 Å². The third kappa shape index (κ3) is 5.20. The first-order chi connectivity index (χ1) is 13.0. The van der Waals surface area contributed by atoms with Gasteiger partial charge in [-0.25, -0.2) is 4.39 Å². The first-order valence-electron chi connectivity index (χ1n) is 10.1. The van der Waals surface area contributed by atoms with E-state index in [4.69, 9.17) is 4.74 Å². The fourth-order valence-corrected chi connectivity index (χ4v) is 3.89. The molecule has 0 amide bonds. The first kappa shape index (κ1) is 20.1. The number of aliphatic imine (C=N–C) groups is 1. The second-order valence-corrected chi connectivity index (χ2v) is 8.05. The third-order valence-electron chi connectivity index (χ3n) is 5.89. The summed E-state index contributed by atoms with van der Waals surface area (Å²) in [6.45, 7) is 9.84. The lowest BCUT2D eigenvalue weighted by molar-refractivity contribution is 0.00752. The molecule has 2 N–H and O–H groups in total. The highest BCUT2D eigenvalue weighted by atomic mass is 19.1. The first-order valence-corrected chi connectivity index (χ1v) is 10.1. The Labute approximate surface area is 162 Å². The van der Waals surface area contributed by atoms with Crippen molar-refractivity contribution in [3.63, 3.8) is 0 Å². The second-order valence-electron chi connectivity index (χ2n) is 8.05. The van der Waals surface area contributed by atoms with Crippen LogP contribution in [-0.2, 0) is 10.2 Å². The van der Waals surface area contributed by atoms with Gasteiger partial charge in [0.05, 0.1) is 13.2 Å². The van der Waals surface area contributed by atoms with Gasteiger partial charge in [-0.1, -0.05) is 26.0 Å². The van der Waals surface area contributed by atoms with Gasteiger partial charge in [-0.3, -0.25) is 9.89 Å². The predicted molar refractivity (Wildman–Crippen MR) is 108 cm³/mol. The maximum absolute atomic E-state index is 13.2. The van der Waals surface area contributed by atoms with Gasteiger partial charge in [-0.2, -0.15) is 0 Å². The Morgan fingerprint density at radius 2 is 1.85 bits per heavy atom. The number of rotatable bonds is 7. The number of hydrogen-bond donors (Lipinski definition) is 2. The van der Waals surface area contributed by atoms with Crippen LogP contribution in [0.2, 0.25) is 0 Å². The minimum Gasteiger partial charge on any atom is -0.379 e. The molecule has 2 fully saturated rings. The van der Waals surface area contributed by atoms with Gasteiger partial charge in [0.25, 0.3) is 0 Å². The molecule has 1 heterocycles. The molecule has 0 bridgehead atoms. The molecule has 1 unspecified atom stereocenters. The summed E-state index contributed by atoms with van der Waals surface area (Å²) < 4.78 is 18.7. The molecular formula is C21H33FN4O. The second kappa shape index (κ2) is 9.02. The predicted octanol–water partition coefficient (Wildman–Crippen LogP) is 2.38. The smallest absolute Gasteiger partial charge is 0.191 e. The molecule has 0 aromatic heterocycles. The molecule has 1 aliphatic carbocycles. The molecule has 0 spiro atoms. The van der Waals surface area contributed by atoms with E-state index in [0.29, 0.717) is 12.0 Å². The van der Waals surface area contributed by atoms with E-state index in [1.807, 2.05) is 19.2 Å². The van der Waals surface area contributed by atoms with Crippen LogP contribution in [0.25, 0.3) is 0 Å². The van der Waals surface area contributed by atoms with E-state index >= 15 is 0 Å². The highest BCUT2D eigenvalue weighted by molar-refractivity contribution is 5.79. The molecule has 1 saturated heterocycles. The number of hydrogen-bond acceptors (Lipinski definition) is 3. The van der Waals surface area contributed by atoms with Crippen molar-refractivity contribution in [2.24, 2.45) is 10.9 Å². The molecule has 5 nitrogen and oxygen atoms in total. The SMILES string of the molecule is CN=C(NCC(C(C)C)N1CCOCC1)NCC1(c2ccc(F)cc2)CC1. The molecule has 1 aromatic carbocycles. The van der Waals surface area contributed by atoms with Crippen LogP contribution in [0.4, 0.5) is 4.39 Å². The number of ether oxygens (including phenoxy) is 1. The average molecular weight is 377 g/mol. The number of nitrogens with zero attached hydrogens (tertiary/aromatic N) is 2. The van der Waals surface area contributed by atoms with Crippen LogP contribution in [0.3, 0.4) is 0 Å². The maximum Gasteiger partial charge on any atom is 0.191 e. The summed E-state index contributed by atoms with van der Waals surface area (Å²) in [5.74, 6) is 1.22. The van der Waals surface area contributed by atoms with Gasteiger partial charge in [0.15, 0.2) is 5.96 Å². The van der Waals surface area contributed by atoms with Crippen LogP contribution >= 0.6 is 0 Å². The summed E-state index contributed by atoms with van der Waals surface area (Å²) in [6.07, 6.45) is 2.26. The average Bonchev–Trinajstić information content (AvgIpc) is 3.46. The topological polar surface area (TPSA) is 48.9 Å². The fraction of sp³-hybridized carbons (Fsp3) is 0.667. The number of nitrogens with one attached hydrogen (secondary N) is 2. The summed E-state index contributed by atoms with van der Waals surface area (Å²) in [5.41, 5.74) is 1.33. The van der Waals surface area contributed by atoms with E-state index in [-0.39, 0.29) is 11.2 Å². The molecule has 3 rings (SSSR count). The van der Waals surface area contributed by atoms with Crippen LogP contribution in [0.5, 0.6) is 0 Å². The number of benzene rings is 1. The van der Waals surface area contributed by atoms with Crippen LogP contribution in [0, 0.1) is 11.7 Å². The fourth-order valence-electron chi connectivity index (χ4n) is 3.89. The van der Waals surface area contributed by atoms with Gasteiger partial charge in [0.1, 0.15) is 5.82 Å². The standard InChI is InChI=1S/C21H33FN4O/c1-16(2)19(26-10-12-27-13-11-26)14-24-20(23-3)25-15-21(8-9-21)17-4-6-18(22)7-5-17/h4-7,16,19H,8-15H2,1-3H3,(H2,23,24,25). The van der Waals surface area contributed by atoms with Crippen molar-refractivity contribution in [1.29, 1.82) is 0 Å². The monoisotopic (exact) mass is 376 g/mol. The summed E-state index contributed by atoms with van der Waals surface area (Å²) in [6, 6.07) is 7.39. The van der Waals surface area contributed by atoms with Crippen LogP contribution < -0.4 is 10.6 Å². The molecule has 1 aromatic rings. The Morgan fingerprint density at radius 1 is 1.19 bits per heavy atom. The van der Waals surface area contributed by atoms with Crippen LogP contribution in [0.1, 0.15) is 32.3 Å². The highest BCUT2D eigenvalue weighted by Crippen LogP contribution is 2.47. The van der Waals surface area contributed by atoms with Gasteiger partial charge in [-0.15, -0.1) is 0 Å². The quantitative estimate of drug-likeness (QED) is 0.567. The Morgan fingerprint density at radius 3 is 2.41 bits per heavy atom. The van der Waals surface area contributed by atoms with Crippen LogP contribution in [-0.4, -0.2) is 63.3 Å². The molecule has 1 saturated carbocycles. The Hall–Kier alpha value is -1.66. The zero-order valence-electron chi connectivity index (χ0n) is 16.8. The van der Waals surface area contributed by atoms with E-state index in [1.165, 1.54) is 5.56 Å². The Kier molecular flexibility index (Phi) is 6.71. The van der Waals surface area contributed by atoms with E-state index in [9.17, 15) is 4.39 Å². The van der Waals surface area contributed by atoms with Crippen molar-refractivity contribution in [2.75, 3.05) is 46.4 Å². The van der Waals surface area contributed by atoms with Crippen molar-refractivity contribution in [3.05, 3.63) is 35.6 Å². The van der Waals surface area contributed by atoms with E-state index in [1.54, 1.807) is 12.1 Å². The number of halogens is 1. The van der Waals surface area contributed by atoms with Gasteiger partial charge >= 0.3 is 0 Å². The largest absolute Gasteiger partial charge is 0.379 e. The molecule has 1 atom stereocenters. The molecule has 2 aliphatic rings. The Balaban J connectivity index is 1.52. The minimum atomic E-state index is -0.178. The van der Waals surface area contributed by atoms with E-state index < -0.39 is 0 Å². The highest BCUT2D eigenvalue weighted by Gasteiger charge is 2.44. The van der Waals surface area contributed by atoms with Gasteiger partial charge < -0.3 is 15.4 Å². The molecule has 6 heteroatoms. The lowest BCUT2D eigenvalue weighted by Crippen LogP contribution is -2.53. The molecule has 0 radical (unpaired) electrons. The maximum atomic E-state index is 13.2. The van der Waals surface area contributed by atoms with Crippen molar-refractivity contribution < 1.29 is 9.13 Å². The lowest BCUT2D eigenvalue weighted by Gasteiger charge is -2.37. The Bertz CT molecular complexity index is 622. The molecular weight excluding hydrogens is 343 g/mol. The van der Waals surface area contributed by atoms with Gasteiger partial charge in [0.2, 0.25) is 0 Å². The van der Waals surface area contributed by atoms with Crippen LogP contribution in [0.15, 0.2) is 29.3 Å². The summed E-state index contributed by atoms with van der Waals surface area (Å²) in [4.78, 5) is 6.90. The van der Waals surface area contributed by atoms with Crippen molar-refractivity contribution >= 4 is 5.96 Å². The summed E-state index contributed by atoms with van der Waals surface area (Å²) in [5, 5.41) is 6.99. The summed E-state index contributed by atoms with van der Waals surface area (Å²) >= 11 is 0. The number of guanidine groups is 1. The zero-order valence-corrected chi connectivity index (χ0v) is 16.8. The molecule has 1 aliphatic heterocycles. The zero-order chi connectivity index (χ0) is 19.3. The van der Waals surface area contributed by atoms with E-state index in [2.05, 4.69) is 34.4 Å². The van der Waals surface area contributed by atoms with E-state index in [0.717, 1.165) is 58.2 Å². The third-order valence-corrected chi connectivity index (χ3v) is 5.89. The normalized spacial score (nSPS) is 21.1. The van der Waals surface area contributed by atoms with Gasteiger partial charge in [-0.05, 0) is 36.5 Å². The number of morpholine rings is 1. The molecule has 27 heavy (non-hydrogen) atoms. The van der Waals surface area contributed by atoms with Crippen molar-refractivity contribution in [2.45, 2.75) is 38.1 Å². The minimum absolute atomic E-state index is 0.118. The molecule has 150 valence electrons. The van der Waals surface area contributed by atoms with Gasteiger partial charge in [0, 0.05) is 44.7 Å². The summed E-state index contributed by atoms with van der Waals surface area (Å²) in [7, 11) is 1.81. The lowest BCUT2D eigenvalue weighted by atomic mass is 9.96. The van der Waals surface area contributed by atoms with Crippen molar-refractivity contribution in [1.82, 2.24) is 15.5 Å².